The van der Waals surface area contributed by atoms with E-state index in [-0.39, 0.29) is 11.3 Å². The van der Waals surface area contributed by atoms with E-state index in [1.807, 2.05) is 19.1 Å². The molecular weight excluding hydrogens is 318 g/mol. The number of amides is 1. The molecule has 2 rings (SSSR count). The largest absolute Gasteiger partial charge is 0.545 e. The summed E-state index contributed by atoms with van der Waals surface area (Å²) in [5.74, 6) is -1.33. The van der Waals surface area contributed by atoms with Gasteiger partial charge in [-0.2, -0.15) is 0 Å². The lowest BCUT2D eigenvalue weighted by Crippen LogP contribution is -2.32. The van der Waals surface area contributed by atoms with Crippen LogP contribution in [0.4, 0.5) is 5.69 Å². The van der Waals surface area contributed by atoms with Crippen molar-refractivity contribution in [2.24, 2.45) is 0 Å². The van der Waals surface area contributed by atoms with E-state index in [1.165, 1.54) is 18.2 Å². The van der Waals surface area contributed by atoms with Crippen LogP contribution in [0.5, 0.6) is 5.75 Å². The Labute approximate surface area is 138 Å². The molecule has 0 aliphatic rings. The first-order valence-electron chi connectivity index (χ1n) is 6.92. The normalized spacial score (nSPS) is 11.6. The number of ether oxygens (including phenoxy) is 1. The Morgan fingerprint density at radius 3 is 2.61 bits per heavy atom. The van der Waals surface area contributed by atoms with Gasteiger partial charge in [0.2, 0.25) is 0 Å². The van der Waals surface area contributed by atoms with Gasteiger partial charge in [-0.05, 0) is 49.7 Å². The average Bonchev–Trinajstić information content (AvgIpc) is 2.46. The summed E-state index contributed by atoms with van der Waals surface area (Å²) in [4.78, 5) is 23.3. The van der Waals surface area contributed by atoms with E-state index in [2.05, 4.69) is 5.32 Å². The van der Waals surface area contributed by atoms with E-state index < -0.39 is 18.0 Å². The Morgan fingerprint density at radius 2 is 1.96 bits per heavy atom. The molecule has 0 saturated carbocycles. The molecule has 0 aliphatic carbocycles. The lowest BCUT2D eigenvalue weighted by molar-refractivity contribution is -0.254. The predicted molar refractivity (Wildman–Crippen MR) is 85.7 cm³/mol. The van der Waals surface area contributed by atoms with Gasteiger partial charge in [-0.25, -0.2) is 0 Å². The highest BCUT2D eigenvalue weighted by molar-refractivity contribution is 6.31. The number of carboxylic acid groups (broad SMARTS) is 1. The number of nitrogens with one attached hydrogen (secondary N) is 1. The summed E-state index contributed by atoms with van der Waals surface area (Å²) in [6.07, 6.45) is -0.814. The van der Waals surface area contributed by atoms with Crippen molar-refractivity contribution in [2.75, 3.05) is 5.32 Å². The first-order chi connectivity index (χ1) is 10.9. The van der Waals surface area contributed by atoms with Crippen molar-refractivity contribution in [1.82, 2.24) is 0 Å². The molecule has 1 amide bonds. The first-order valence-corrected chi connectivity index (χ1v) is 7.29. The second-order valence-corrected chi connectivity index (χ2v) is 5.48. The highest BCUT2D eigenvalue weighted by Crippen LogP contribution is 2.21. The Hall–Kier alpha value is -2.53. The zero-order valence-electron chi connectivity index (χ0n) is 12.6. The standard InChI is InChI=1S/C17H16ClNO4/c1-10-4-3-5-13(8-10)23-11(2)16(20)19-15-9-12(18)6-7-14(15)17(21)22/h3-9,11H,1-2H3,(H,19,20)(H,21,22)/p-1/t11-/m1/s1. The van der Waals surface area contributed by atoms with Gasteiger partial charge in [0.1, 0.15) is 5.75 Å². The number of hydrogen-bond acceptors (Lipinski definition) is 4. The van der Waals surface area contributed by atoms with Gasteiger partial charge < -0.3 is 20.0 Å². The van der Waals surface area contributed by atoms with Crippen molar-refractivity contribution in [2.45, 2.75) is 20.0 Å². The maximum atomic E-state index is 12.2. The molecule has 0 bridgehead atoms. The van der Waals surface area contributed by atoms with Crippen molar-refractivity contribution in [3.05, 3.63) is 58.6 Å². The number of carboxylic acids is 1. The molecule has 0 aromatic heterocycles. The van der Waals surface area contributed by atoms with Crippen LogP contribution in [0.3, 0.4) is 0 Å². The minimum Gasteiger partial charge on any atom is -0.545 e. The molecule has 5 nitrogen and oxygen atoms in total. The van der Waals surface area contributed by atoms with Crippen molar-refractivity contribution in [1.29, 1.82) is 0 Å². The number of rotatable bonds is 5. The third-order valence-electron chi connectivity index (χ3n) is 3.13. The summed E-state index contributed by atoms with van der Waals surface area (Å²) in [6.45, 7) is 3.48. The van der Waals surface area contributed by atoms with Gasteiger partial charge in [0, 0.05) is 10.6 Å². The van der Waals surface area contributed by atoms with Crippen molar-refractivity contribution >= 4 is 29.2 Å². The van der Waals surface area contributed by atoms with E-state index >= 15 is 0 Å². The molecule has 0 heterocycles. The predicted octanol–water partition coefficient (Wildman–Crippen LogP) is 2.42. The average molecular weight is 333 g/mol. The van der Waals surface area contributed by atoms with Crippen LogP contribution in [-0.2, 0) is 4.79 Å². The SMILES string of the molecule is Cc1cccc(O[C@H](C)C(=O)Nc2cc(Cl)ccc2C(=O)[O-])c1. The number of aromatic carboxylic acids is 1. The van der Waals surface area contributed by atoms with Gasteiger partial charge in [-0.3, -0.25) is 4.79 Å². The molecule has 2 aromatic rings. The Morgan fingerprint density at radius 1 is 1.22 bits per heavy atom. The molecule has 2 aromatic carbocycles. The van der Waals surface area contributed by atoms with Crippen LogP contribution in [0.2, 0.25) is 5.02 Å². The first kappa shape index (κ1) is 16.8. The lowest BCUT2D eigenvalue weighted by Gasteiger charge is -2.17. The van der Waals surface area contributed by atoms with Crippen LogP contribution in [-0.4, -0.2) is 18.0 Å². The van der Waals surface area contributed by atoms with Crippen LogP contribution >= 0.6 is 11.6 Å². The van der Waals surface area contributed by atoms with E-state index in [0.717, 1.165) is 5.56 Å². The van der Waals surface area contributed by atoms with Crippen LogP contribution in [0.1, 0.15) is 22.8 Å². The summed E-state index contributed by atoms with van der Waals surface area (Å²) in [6, 6.07) is 11.3. The molecule has 6 heteroatoms. The molecule has 120 valence electrons. The number of carbonyl (C=O) groups excluding carboxylic acids is 2. The fourth-order valence-electron chi connectivity index (χ4n) is 1.98. The summed E-state index contributed by atoms with van der Waals surface area (Å²) < 4.78 is 5.55. The van der Waals surface area contributed by atoms with Crippen LogP contribution in [0.25, 0.3) is 0 Å². The lowest BCUT2D eigenvalue weighted by atomic mass is 10.1. The summed E-state index contributed by atoms with van der Waals surface area (Å²) in [5.41, 5.74) is 0.928. The minimum absolute atomic E-state index is 0.0715. The van der Waals surface area contributed by atoms with E-state index in [4.69, 9.17) is 16.3 Å². The molecule has 0 spiro atoms. The fraction of sp³-hybridized carbons (Fsp3) is 0.176. The number of aryl methyl sites for hydroxylation is 1. The zero-order valence-corrected chi connectivity index (χ0v) is 13.4. The van der Waals surface area contributed by atoms with Gasteiger partial charge in [0.05, 0.1) is 11.7 Å². The highest BCUT2D eigenvalue weighted by Gasteiger charge is 2.17. The molecule has 0 unspecified atom stereocenters. The molecule has 23 heavy (non-hydrogen) atoms. The molecule has 0 aliphatic heterocycles. The third kappa shape index (κ3) is 4.47. The molecular formula is C17H15ClNO4-. The van der Waals surface area contributed by atoms with Gasteiger partial charge in [-0.15, -0.1) is 0 Å². The molecule has 0 fully saturated rings. The highest BCUT2D eigenvalue weighted by atomic mass is 35.5. The topological polar surface area (TPSA) is 78.5 Å². The molecule has 1 atom stereocenters. The fourth-order valence-corrected chi connectivity index (χ4v) is 2.15. The third-order valence-corrected chi connectivity index (χ3v) is 3.37. The van der Waals surface area contributed by atoms with E-state index in [1.54, 1.807) is 19.1 Å². The van der Waals surface area contributed by atoms with Crippen LogP contribution in [0.15, 0.2) is 42.5 Å². The summed E-state index contributed by atoms with van der Waals surface area (Å²) in [5, 5.41) is 13.9. The van der Waals surface area contributed by atoms with Crippen molar-refractivity contribution in [3.8, 4) is 5.75 Å². The quantitative estimate of drug-likeness (QED) is 0.912. The maximum Gasteiger partial charge on any atom is 0.265 e. The smallest absolute Gasteiger partial charge is 0.265 e. The Kier molecular flexibility index (Phi) is 5.24. The van der Waals surface area contributed by atoms with Crippen molar-refractivity contribution < 1.29 is 19.4 Å². The maximum absolute atomic E-state index is 12.2. The number of hydrogen-bond donors (Lipinski definition) is 1. The second-order valence-electron chi connectivity index (χ2n) is 5.04. The number of carbonyl (C=O) groups is 2. The Balaban J connectivity index is 2.12. The minimum atomic E-state index is -1.40. The zero-order chi connectivity index (χ0) is 17.0. The molecule has 0 saturated heterocycles. The molecule has 1 N–H and O–H groups in total. The van der Waals surface area contributed by atoms with Gasteiger partial charge in [-0.1, -0.05) is 23.7 Å². The summed E-state index contributed by atoms with van der Waals surface area (Å²) in [7, 11) is 0. The summed E-state index contributed by atoms with van der Waals surface area (Å²) >= 11 is 5.84. The van der Waals surface area contributed by atoms with Crippen LogP contribution < -0.4 is 15.2 Å². The van der Waals surface area contributed by atoms with Gasteiger partial charge >= 0.3 is 0 Å². The number of halogens is 1. The monoisotopic (exact) mass is 332 g/mol. The van der Waals surface area contributed by atoms with Crippen LogP contribution in [0, 0.1) is 6.92 Å². The van der Waals surface area contributed by atoms with Crippen molar-refractivity contribution in [3.63, 3.8) is 0 Å². The number of anilines is 1. The van der Waals surface area contributed by atoms with Gasteiger partial charge in [0.15, 0.2) is 6.10 Å². The Bertz CT molecular complexity index is 745. The van der Waals surface area contributed by atoms with E-state index in [0.29, 0.717) is 10.8 Å². The number of benzene rings is 2. The van der Waals surface area contributed by atoms with Gasteiger partial charge in [0.25, 0.3) is 5.91 Å². The second kappa shape index (κ2) is 7.15. The van der Waals surface area contributed by atoms with E-state index in [9.17, 15) is 14.7 Å². The molecule has 0 radical (unpaired) electrons.